The van der Waals surface area contributed by atoms with Gasteiger partial charge in [-0.05, 0) is 19.4 Å². The molecule has 2 aliphatic carbocycles. The van der Waals surface area contributed by atoms with Gasteiger partial charge in [0.2, 0.25) is 0 Å². The van der Waals surface area contributed by atoms with Crippen LogP contribution in [0.3, 0.4) is 0 Å². The molecule has 2 N–H and O–H groups in total. The van der Waals surface area contributed by atoms with E-state index in [4.69, 9.17) is 28.1 Å². The van der Waals surface area contributed by atoms with Gasteiger partial charge in [0, 0.05) is 43.3 Å². The van der Waals surface area contributed by atoms with Crippen molar-refractivity contribution in [3.05, 3.63) is 48.0 Å². The second-order valence-corrected chi connectivity index (χ2v) is 11.7. The van der Waals surface area contributed by atoms with Gasteiger partial charge in [0.15, 0.2) is 0 Å². The monoisotopic (exact) mass is 560 g/mol. The Morgan fingerprint density at radius 3 is 2.67 bits per heavy atom. The molecule has 12 atom stereocenters. The molecule has 2 bridgehead atoms. The first-order chi connectivity index (χ1) is 19.1. The molecule has 220 valence electrons. The third kappa shape index (κ3) is 4.63. The fourth-order valence-electron chi connectivity index (χ4n) is 7.72. The number of fused-ring (bicyclic) bond motifs is 2. The van der Waals surface area contributed by atoms with Crippen LogP contribution >= 0.6 is 0 Å². The van der Waals surface area contributed by atoms with Crippen molar-refractivity contribution in [3.8, 4) is 0 Å². The van der Waals surface area contributed by atoms with Gasteiger partial charge in [-0.1, -0.05) is 37.6 Å². The van der Waals surface area contributed by atoms with E-state index in [-0.39, 0.29) is 31.0 Å². The molecule has 40 heavy (non-hydrogen) atoms. The average Bonchev–Trinajstić information content (AvgIpc) is 3.60. The molecule has 3 heterocycles. The van der Waals surface area contributed by atoms with Gasteiger partial charge in [-0.2, -0.15) is 0 Å². The summed E-state index contributed by atoms with van der Waals surface area (Å²) in [6.45, 7) is 5.89. The number of hydrogen-bond donors (Lipinski definition) is 2. The first kappa shape index (κ1) is 29.0. The summed E-state index contributed by atoms with van der Waals surface area (Å²) in [5.74, 6) is -3.16. The highest BCUT2D eigenvalue weighted by Crippen LogP contribution is 2.62. The lowest BCUT2D eigenvalue weighted by atomic mass is 9.52. The van der Waals surface area contributed by atoms with Crippen LogP contribution in [-0.2, 0) is 28.5 Å². The minimum absolute atomic E-state index is 0.0176. The minimum Gasteiger partial charge on any atom is -0.472 e. The first-order valence-electron chi connectivity index (χ1n) is 13.9. The molecule has 0 aromatic carbocycles. The first-order valence-corrected chi connectivity index (χ1v) is 13.9. The van der Waals surface area contributed by atoms with Crippen molar-refractivity contribution in [2.45, 2.75) is 63.8 Å². The molecular formula is C30H40O10. The number of ether oxygens (including phenoxy) is 5. The summed E-state index contributed by atoms with van der Waals surface area (Å²) < 4.78 is 34.2. The van der Waals surface area contributed by atoms with Crippen molar-refractivity contribution >= 4 is 11.9 Å². The van der Waals surface area contributed by atoms with Gasteiger partial charge < -0.3 is 38.3 Å². The highest BCUT2D eigenvalue weighted by atomic mass is 16.6. The topological polar surface area (TPSA) is 134 Å². The van der Waals surface area contributed by atoms with E-state index in [2.05, 4.69) is 0 Å². The van der Waals surface area contributed by atoms with Crippen LogP contribution in [0.15, 0.2) is 46.8 Å². The fraction of sp³-hybridized carbons (Fsp3) is 0.667. The number of cyclic esters (lactones) is 1. The Labute approximate surface area is 234 Å². The molecule has 1 saturated carbocycles. The second-order valence-electron chi connectivity index (χ2n) is 11.7. The molecule has 5 rings (SSSR count). The Hall–Kier alpha value is -2.50. The molecule has 10 heteroatoms. The maximum Gasteiger partial charge on any atom is 0.341 e. The SMILES string of the molecule is COC[C@@H](O)[C@H]1OC(=O)[C@H](COC)[C@H]2C=C[C@H]3O[C@@H]4C[C@@H]([C@H](O)[C@@H](C)[C@H]4OC(=O)c4ccoc4)[C@]23/C(C)=C/[C@H]1C. The van der Waals surface area contributed by atoms with E-state index < -0.39 is 65.8 Å². The molecular weight excluding hydrogens is 520 g/mol. The average molecular weight is 561 g/mol. The van der Waals surface area contributed by atoms with Crippen LogP contribution in [0, 0.1) is 35.0 Å². The van der Waals surface area contributed by atoms with Crippen LogP contribution in [0.25, 0.3) is 0 Å². The minimum atomic E-state index is -1.02. The Morgan fingerprint density at radius 1 is 1.23 bits per heavy atom. The van der Waals surface area contributed by atoms with E-state index >= 15 is 0 Å². The Balaban J connectivity index is 1.54. The van der Waals surface area contributed by atoms with Gasteiger partial charge >= 0.3 is 11.9 Å². The summed E-state index contributed by atoms with van der Waals surface area (Å²) in [7, 11) is 3.02. The summed E-state index contributed by atoms with van der Waals surface area (Å²) in [4.78, 5) is 26.5. The zero-order valence-electron chi connectivity index (χ0n) is 23.6. The molecule has 1 aromatic rings. The van der Waals surface area contributed by atoms with Crippen LogP contribution in [0.5, 0.6) is 0 Å². The van der Waals surface area contributed by atoms with Gasteiger partial charge in [-0.3, -0.25) is 4.79 Å². The summed E-state index contributed by atoms with van der Waals surface area (Å²) in [6.07, 6.45) is 4.88. The lowest BCUT2D eigenvalue weighted by Gasteiger charge is -2.59. The van der Waals surface area contributed by atoms with E-state index in [1.165, 1.54) is 32.8 Å². The maximum atomic E-state index is 13.7. The summed E-state index contributed by atoms with van der Waals surface area (Å²) in [5.41, 5.74) is 0.492. The zero-order chi connectivity index (χ0) is 28.8. The number of aliphatic hydroxyl groups excluding tert-OH is 2. The van der Waals surface area contributed by atoms with Crippen LogP contribution in [0.4, 0.5) is 0 Å². The van der Waals surface area contributed by atoms with Crippen LogP contribution in [0.2, 0.25) is 0 Å². The summed E-state index contributed by atoms with van der Waals surface area (Å²) >= 11 is 0. The van der Waals surface area contributed by atoms with E-state index in [9.17, 15) is 19.8 Å². The highest BCUT2D eigenvalue weighted by Gasteiger charge is 2.66. The number of hydrogen-bond acceptors (Lipinski definition) is 10. The number of rotatable bonds is 7. The molecule has 0 amide bonds. The Kier molecular flexibility index (Phi) is 8.27. The lowest BCUT2D eigenvalue weighted by molar-refractivity contribution is -0.240. The standard InChI is InChI=1S/C30H40O10/c1-15-10-16(2)30-20(19(13-35-4)29(34)39-26(15)22(31)14-36-5)6-7-24(30)38-23-11-21(30)25(32)17(3)27(23)40-28(33)18-8-9-37-12-18/h6-10,12,15,17,19-27,31-32H,11,13-14H2,1-5H3/b16-10+/t15-,17-,19-,20-,21+,22-,23-,24-,25-,26+,27-,30+/m1/s1. The van der Waals surface area contributed by atoms with Crippen molar-refractivity contribution in [1.29, 1.82) is 0 Å². The number of methoxy groups -OCH3 is 2. The largest absolute Gasteiger partial charge is 0.472 e. The predicted molar refractivity (Wildman–Crippen MR) is 141 cm³/mol. The predicted octanol–water partition coefficient (Wildman–Crippen LogP) is 2.54. The van der Waals surface area contributed by atoms with Crippen LogP contribution < -0.4 is 0 Å². The number of carbonyl (C=O) groups is 2. The molecule has 2 fully saturated rings. The normalized spacial score (nSPS) is 42.8. The van der Waals surface area contributed by atoms with Gasteiger partial charge in [-0.15, -0.1) is 0 Å². The lowest BCUT2D eigenvalue weighted by Crippen LogP contribution is -2.65. The van der Waals surface area contributed by atoms with Crippen molar-refractivity contribution in [1.82, 2.24) is 0 Å². The Morgan fingerprint density at radius 2 is 2.00 bits per heavy atom. The Bertz CT molecular complexity index is 1130. The number of aliphatic hydroxyl groups is 2. The third-order valence-electron chi connectivity index (χ3n) is 9.54. The van der Waals surface area contributed by atoms with Gasteiger partial charge in [0.1, 0.15) is 24.6 Å². The van der Waals surface area contributed by atoms with Crippen molar-refractivity contribution < 1.29 is 47.9 Å². The summed E-state index contributed by atoms with van der Waals surface area (Å²) in [6, 6.07) is 1.54. The quantitative estimate of drug-likeness (QED) is 0.379. The van der Waals surface area contributed by atoms with Crippen molar-refractivity contribution in [2.75, 3.05) is 27.4 Å². The van der Waals surface area contributed by atoms with E-state index in [1.54, 1.807) is 0 Å². The molecule has 1 saturated heterocycles. The highest BCUT2D eigenvalue weighted by molar-refractivity contribution is 5.89. The van der Waals surface area contributed by atoms with Gasteiger partial charge in [0.25, 0.3) is 0 Å². The molecule has 0 radical (unpaired) electrons. The zero-order valence-corrected chi connectivity index (χ0v) is 23.6. The van der Waals surface area contributed by atoms with E-state index in [1.807, 2.05) is 39.0 Å². The van der Waals surface area contributed by atoms with Gasteiger partial charge in [-0.25, -0.2) is 4.79 Å². The molecule has 1 spiro atoms. The molecule has 2 aliphatic heterocycles. The van der Waals surface area contributed by atoms with E-state index in [0.717, 1.165) is 5.57 Å². The van der Waals surface area contributed by atoms with Crippen LogP contribution in [-0.4, -0.2) is 86.2 Å². The molecule has 1 aromatic heterocycles. The number of furan rings is 1. The number of allylic oxidation sites excluding steroid dienone is 1. The molecule has 10 nitrogen and oxygen atoms in total. The summed E-state index contributed by atoms with van der Waals surface area (Å²) in [5, 5.41) is 22.7. The second kappa shape index (κ2) is 11.4. The smallest absolute Gasteiger partial charge is 0.341 e. The number of carbonyl (C=O) groups excluding carboxylic acids is 2. The molecule has 4 aliphatic rings. The maximum absolute atomic E-state index is 13.7. The van der Waals surface area contributed by atoms with Crippen LogP contribution in [0.1, 0.15) is 37.6 Å². The third-order valence-corrected chi connectivity index (χ3v) is 9.54. The van der Waals surface area contributed by atoms with Crippen molar-refractivity contribution in [2.24, 2.45) is 35.0 Å². The molecule has 0 unspecified atom stereocenters. The van der Waals surface area contributed by atoms with E-state index in [0.29, 0.717) is 12.0 Å². The van der Waals surface area contributed by atoms with Crippen molar-refractivity contribution in [3.63, 3.8) is 0 Å². The fourth-order valence-corrected chi connectivity index (χ4v) is 7.72. The number of esters is 2. The van der Waals surface area contributed by atoms with Gasteiger partial charge in [0.05, 0.1) is 49.3 Å².